The van der Waals surface area contributed by atoms with Crippen LogP contribution in [-0.2, 0) is 14.9 Å². The zero-order valence-electron chi connectivity index (χ0n) is 24.1. The van der Waals surface area contributed by atoms with Gasteiger partial charge in [-0.05, 0) is 80.7 Å². The van der Waals surface area contributed by atoms with E-state index in [-0.39, 0.29) is 30.8 Å². The summed E-state index contributed by atoms with van der Waals surface area (Å²) in [5, 5.41) is 1.62. The maximum absolute atomic E-state index is 14.0. The lowest BCUT2D eigenvalue weighted by molar-refractivity contribution is 0.0243. The Hall–Kier alpha value is -3.09. The second-order valence-corrected chi connectivity index (χ2v) is 14.1. The number of thiophene rings is 1. The summed E-state index contributed by atoms with van der Waals surface area (Å²) in [5.74, 6) is 0.0880. The van der Waals surface area contributed by atoms with Gasteiger partial charge in [0.1, 0.15) is 5.75 Å². The summed E-state index contributed by atoms with van der Waals surface area (Å²) in [6, 6.07) is 13.4. The van der Waals surface area contributed by atoms with E-state index in [0.717, 1.165) is 38.9 Å². The van der Waals surface area contributed by atoms with Crippen molar-refractivity contribution in [2.75, 3.05) is 26.3 Å². The predicted octanol–water partition coefficient (Wildman–Crippen LogP) is 4.93. The third-order valence-corrected chi connectivity index (χ3v) is 11.2. The molecule has 2 atom stereocenters. The van der Waals surface area contributed by atoms with Crippen LogP contribution >= 0.6 is 11.3 Å². The van der Waals surface area contributed by atoms with Crippen molar-refractivity contribution >= 4 is 48.4 Å². The molecule has 11 heteroatoms. The standard InChI is InChI=1S/C31H36N4O5S2/c1-18-8-9-26(40-20(3)21-11-14-39-15-12-21)28-24(31(36)34-42(37,38)35-13-10-22(32)17-35)16-25(33-29(18)28)30-19(2)23-6-4-5-7-27(23)41-30/h4-9,16,20-22H,10-15,17,32H2,1-3H3,(H,34,36)/t20-,22+/m1/s1. The van der Waals surface area contributed by atoms with Crippen LogP contribution in [0.25, 0.3) is 31.6 Å². The molecule has 0 spiro atoms. The van der Waals surface area contributed by atoms with Gasteiger partial charge in [0.25, 0.3) is 5.91 Å². The number of aromatic nitrogens is 1. The van der Waals surface area contributed by atoms with Crippen LogP contribution in [0.5, 0.6) is 5.75 Å². The molecule has 2 aliphatic heterocycles. The van der Waals surface area contributed by atoms with Crippen LogP contribution in [0, 0.1) is 19.8 Å². The lowest BCUT2D eigenvalue weighted by Crippen LogP contribution is -2.43. The molecule has 9 nitrogen and oxygen atoms in total. The number of hydrogen-bond acceptors (Lipinski definition) is 8. The molecule has 2 aromatic carbocycles. The summed E-state index contributed by atoms with van der Waals surface area (Å²) in [6.07, 6.45) is 2.20. The van der Waals surface area contributed by atoms with Gasteiger partial charge in [-0.25, -0.2) is 9.71 Å². The van der Waals surface area contributed by atoms with Crippen molar-refractivity contribution in [2.24, 2.45) is 11.7 Å². The minimum Gasteiger partial charge on any atom is -0.490 e. The number of ether oxygens (including phenoxy) is 2. The van der Waals surface area contributed by atoms with Crippen molar-refractivity contribution in [1.29, 1.82) is 0 Å². The zero-order chi connectivity index (χ0) is 29.6. The second-order valence-electron chi connectivity index (χ2n) is 11.3. The van der Waals surface area contributed by atoms with Gasteiger partial charge in [0.05, 0.1) is 33.1 Å². The van der Waals surface area contributed by atoms with Gasteiger partial charge >= 0.3 is 10.2 Å². The number of amides is 1. The third-order valence-electron chi connectivity index (χ3n) is 8.44. The molecule has 4 heterocycles. The van der Waals surface area contributed by atoms with E-state index >= 15 is 0 Å². The van der Waals surface area contributed by atoms with E-state index in [4.69, 9.17) is 20.2 Å². The van der Waals surface area contributed by atoms with Crippen molar-refractivity contribution in [3.63, 3.8) is 0 Å². The molecule has 222 valence electrons. The SMILES string of the molecule is Cc1c(-c2cc(C(=O)NS(=O)(=O)N3CC[C@H](N)C3)c3c(O[C@H](C)C4CCOCC4)ccc(C)c3n2)sc2ccccc12. The van der Waals surface area contributed by atoms with Gasteiger partial charge in [-0.1, -0.05) is 24.3 Å². The van der Waals surface area contributed by atoms with Gasteiger partial charge in [-0.2, -0.15) is 12.7 Å². The Morgan fingerprint density at radius 1 is 1.17 bits per heavy atom. The minimum absolute atomic E-state index is 0.130. The van der Waals surface area contributed by atoms with Crippen molar-refractivity contribution in [3.05, 3.63) is 59.2 Å². The Bertz CT molecular complexity index is 1760. The average Bonchev–Trinajstić information content (AvgIpc) is 3.58. The van der Waals surface area contributed by atoms with Gasteiger partial charge < -0.3 is 15.2 Å². The number of aryl methyl sites for hydroxylation is 2. The van der Waals surface area contributed by atoms with E-state index in [0.29, 0.717) is 47.9 Å². The fourth-order valence-electron chi connectivity index (χ4n) is 5.95. The smallest absolute Gasteiger partial charge is 0.304 e. The molecule has 2 aliphatic rings. The van der Waals surface area contributed by atoms with Gasteiger partial charge in [-0.3, -0.25) is 4.79 Å². The molecule has 1 amide bonds. The first-order chi connectivity index (χ1) is 20.1. The minimum atomic E-state index is -4.10. The van der Waals surface area contributed by atoms with Crippen LogP contribution in [0.4, 0.5) is 0 Å². The molecule has 0 aliphatic carbocycles. The van der Waals surface area contributed by atoms with E-state index in [1.165, 1.54) is 4.31 Å². The predicted molar refractivity (Wildman–Crippen MR) is 166 cm³/mol. The van der Waals surface area contributed by atoms with Crippen LogP contribution in [0.1, 0.15) is 47.7 Å². The van der Waals surface area contributed by atoms with Gasteiger partial charge in [-0.15, -0.1) is 11.3 Å². The molecule has 0 radical (unpaired) electrons. The lowest BCUT2D eigenvalue weighted by Gasteiger charge is -2.29. The van der Waals surface area contributed by atoms with Gasteiger partial charge in [0.2, 0.25) is 0 Å². The Morgan fingerprint density at radius 3 is 2.64 bits per heavy atom. The quantitative estimate of drug-likeness (QED) is 0.305. The van der Waals surface area contributed by atoms with Crippen LogP contribution in [0.3, 0.4) is 0 Å². The summed E-state index contributed by atoms with van der Waals surface area (Å²) < 4.78 is 43.2. The summed E-state index contributed by atoms with van der Waals surface area (Å²) >= 11 is 1.60. The van der Waals surface area contributed by atoms with E-state index in [1.807, 2.05) is 45.0 Å². The van der Waals surface area contributed by atoms with Crippen LogP contribution < -0.4 is 15.2 Å². The van der Waals surface area contributed by atoms with Crippen LogP contribution in [-0.4, -0.2) is 62.1 Å². The number of nitrogens with two attached hydrogens (primary N) is 1. The monoisotopic (exact) mass is 608 g/mol. The summed E-state index contributed by atoms with van der Waals surface area (Å²) in [5.41, 5.74) is 9.31. The first-order valence-electron chi connectivity index (χ1n) is 14.4. The molecule has 6 rings (SSSR count). The van der Waals surface area contributed by atoms with E-state index in [1.54, 1.807) is 17.4 Å². The Labute approximate surface area is 250 Å². The molecule has 2 saturated heterocycles. The van der Waals surface area contributed by atoms with Crippen molar-refractivity contribution < 1.29 is 22.7 Å². The second kappa shape index (κ2) is 11.5. The number of nitrogens with one attached hydrogen (secondary N) is 1. The summed E-state index contributed by atoms with van der Waals surface area (Å²) in [6.45, 7) is 7.84. The molecule has 3 N–H and O–H groups in total. The van der Waals surface area contributed by atoms with E-state index < -0.39 is 16.1 Å². The van der Waals surface area contributed by atoms with Crippen molar-refractivity contribution in [2.45, 2.75) is 52.2 Å². The highest BCUT2D eigenvalue weighted by atomic mass is 32.2. The first-order valence-corrected chi connectivity index (χ1v) is 16.6. The maximum atomic E-state index is 14.0. The average molecular weight is 609 g/mol. The molecule has 2 fully saturated rings. The van der Waals surface area contributed by atoms with Crippen LogP contribution in [0.15, 0.2) is 42.5 Å². The highest BCUT2D eigenvalue weighted by molar-refractivity contribution is 7.87. The zero-order valence-corrected chi connectivity index (χ0v) is 25.7. The Balaban J connectivity index is 1.49. The first kappa shape index (κ1) is 29.0. The summed E-state index contributed by atoms with van der Waals surface area (Å²) in [7, 11) is -4.10. The van der Waals surface area contributed by atoms with E-state index in [9.17, 15) is 13.2 Å². The highest BCUT2D eigenvalue weighted by Crippen LogP contribution is 2.41. The van der Waals surface area contributed by atoms with Crippen molar-refractivity contribution in [3.8, 4) is 16.3 Å². The number of hydrogen-bond donors (Lipinski definition) is 2. The molecule has 0 bridgehead atoms. The van der Waals surface area contributed by atoms with E-state index in [2.05, 4.69) is 16.9 Å². The molecule has 0 saturated carbocycles. The number of carbonyl (C=O) groups excluding carboxylic acids is 1. The number of benzene rings is 2. The molecule has 4 aromatic rings. The number of carbonyl (C=O) groups is 1. The van der Waals surface area contributed by atoms with Gasteiger partial charge in [0, 0.05) is 37.0 Å². The van der Waals surface area contributed by atoms with Crippen molar-refractivity contribution in [1.82, 2.24) is 14.0 Å². The number of rotatable bonds is 7. The fraction of sp³-hybridized carbons (Fsp3) is 0.419. The fourth-order valence-corrected chi connectivity index (χ4v) is 8.32. The number of fused-ring (bicyclic) bond motifs is 2. The van der Waals surface area contributed by atoms with Gasteiger partial charge in [0.15, 0.2) is 0 Å². The maximum Gasteiger partial charge on any atom is 0.304 e. The van der Waals surface area contributed by atoms with Crippen LogP contribution in [0.2, 0.25) is 0 Å². The molecular weight excluding hydrogens is 572 g/mol. The largest absolute Gasteiger partial charge is 0.490 e. The molecular formula is C31H36N4O5S2. The normalized spacial score (nSPS) is 19.4. The Kier molecular flexibility index (Phi) is 7.97. The molecule has 0 unspecified atom stereocenters. The topological polar surface area (TPSA) is 124 Å². The molecule has 42 heavy (non-hydrogen) atoms. The highest BCUT2D eigenvalue weighted by Gasteiger charge is 2.32. The summed E-state index contributed by atoms with van der Waals surface area (Å²) in [4.78, 5) is 20.0. The third kappa shape index (κ3) is 5.51. The lowest BCUT2D eigenvalue weighted by atomic mass is 9.94. The number of pyridine rings is 1. The molecule has 2 aromatic heterocycles. The Morgan fingerprint density at radius 2 is 1.93 bits per heavy atom. The number of nitrogens with zero attached hydrogens (tertiary/aromatic N) is 2.